The number of rotatable bonds is 7. The van der Waals surface area contributed by atoms with E-state index in [1.165, 1.54) is 10.6 Å². The lowest BCUT2D eigenvalue weighted by atomic mass is 10.1. The summed E-state index contributed by atoms with van der Waals surface area (Å²) in [7, 11) is 4.68. The van der Waals surface area contributed by atoms with E-state index in [0.29, 0.717) is 34.2 Å². The van der Waals surface area contributed by atoms with Crippen molar-refractivity contribution >= 4 is 12.0 Å². The molecule has 0 aliphatic carbocycles. The van der Waals surface area contributed by atoms with Crippen molar-refractivity contribution in [1.82, 2.24) is 9.13 Å². The molecule has 3 aromatic carbocycles. The van der Waals surface area contributed by atoms with Crippen LogP contribution < -0.4 is 19.9 Å². The Bertz CT molecular complexity index is 1380. The Morgan fingerprint density at radius 2 is 1.53 bits per heavy atom. The summed E-state index contributed by atoms with van der Waals surface area (Å²) < 4.78 is 18.4. The van der Waals surface area contributed by atoms with Crippen LogP contribution in [0.5, 0.6) is 17.2 Å². The van der Waals surface area contributed by atoms with E-state index in [9.17, 15) is 9.59 Å². The molecule has 0 N–H and O–H groups in total. The Morgan fingerprint density at radius 3 is 2.18 bits per heavy atom. The summed E-state index contributed by atoms with van der Waals surface area (Å²) in [6.45, 7) is 0. The predicted molar refractivity (Wildman–Crippen MR) is 131 cm³/mol. The largest absolute Gasteiger partial charge is 0.497 e. The second-order valence-electron chi connectivity index (χ2n) is 7.35. The minimum absolute atomic E-state index is 0.459. The van der Waals surface area contributed by atoms with E-state index in [2.05, 4.69) is 0 Å². The summed E-state index contributed by atoms with van der Waals surface area (Å²) in [5.74, 6) is 1.34. The lowest BCUT2D eigenvalue weighted by Crippen LogP contribution is -2.27. The Hall–Kier alpha value is -4.52. The number of para-hydroxylation sites is 1. The zero-order valence-corrected chi connectivity index (χ0v) is 19.1. The first kappa shape index (κ1) is 22.7. The zero-order chi connectivity index (χ0) is 24.1. The normalized spacial score (nSPS) is 10.9. The molecule has 0 radical (unpaired) electrons. The number of carbonyl (C=O) groups excluding carboxylic acids is 1. The molecule has 34 heavy (non-hydrogen) atoms. The molecule has 7 nitrogen and oxygen atoms in total. The van der Waals surface area contributed by atoms with Crippen LogP contribution in [0.4, 0.5) is 0 Å². The van der Waals surface area contributed by atoms with E-state index in [-0.39, 0.29) is 0 Å². The summed E-state index contributed by atoms with van der Waals surface area (Å²) in [5, 5.41) is 0. The molecule has 4 aromatic rings. The number of benzene rings is 3. The molecule has 0 aliphatic heterocycles. The first-order valence-corrected chi connectivity index (χ1v) is 10.5. The van der Waals surface area contributed by atoms with Crippen molar-refractivity contribution in [2.45, 2.75) is 0 Å². The SMILES string of the molecule is COc1ccc(-c2cn(-c3ccccc3)c(=O)n2C(=O)/C=C/c2ccc(OC)c(OC)c2)cc1. The van der Waals surface area contributed by atoms with Crippen molar-refractivity contribution in [1.29, 1.82) is 0 Å². The Kier molecular flexibility index (Phi) is 6.64. The van der Waals surface area contributed by atoms with Crippen molar-refractivity contribution < 1.29 is 19.0 Å². The van der Waals surface area contributed by atoms with Crippen LogP contribution in [0.3, 0.4) is 0 Å². The van der Waals surface area contributed by atoms with Crippen LogP contribution in [-0.2, 0) is 0 Å². The fourth-order valence-electron chi connectivity index (χ4n) is 3.60. The van der Waals surface area contributed by atoms with Crippen molar-refractivity contribution in [3.63, 3.8) is 0 Å². The average Bonchev–Trinajstić information content (AvgIpc) is 3.24. The number of imidazole rings is 1. The van der Waals surface area contributed by atoms with Gasteiger partial charge in [0, 0.05) is 17.8 Å². The van der Waals surface area contributed by atoms with Gasteiger partial charge in [-0.2, -0.15) is 0 Å². The number of hydrogen-bond acceptors (Lipinski definition) is 5. The minimum Gasteiger partial charge on any atom is -0.497 e. The van der Waals surface area contributed by atoms with Gasteiger partial charge >= 0.3 is 5.69 Å². The summed E-state index contributed by atoms with van der Waals surface area (Å²) in [5.41, 5.74) is 2.11. The lowest BCUT2D eigenvalue weighted by Gasteiger charge is -2.08. The maximum absolute atomic E-state index is 13.3. The van der Waals surface area contributed by atoms with Gasteiger partial charge < -0.3 is 14.2 Å². The van der Waals surface area contributed by atoms with Gasteiger partial charge in [-0.1, -0.05) is 24.3 Å². The predicted octanol–water partition coefficient (Wildman–Crippen LogP) is 4.69. The number of nitrogens with zero attached hydrogens (tertiary/aromatic N) is 2. The quantitative estimate of drug-likeness (QED) is 0.378. The standard InChI is InChI=1S/C27H24N2O5/c1-32-22-13-11-20(12-14-22)23-18-28(21-7-5-4-6-8-21)27(31)29(23)26(30)16-10-19-9-15-24(33-2)25(17-19)34-3/h4-18H,1-3H3/b16-10+. The number of aromatic nitrogens is 2. The molecule has 0 bridgehead atoms. The van der Waals surface area contributed by atoms with Crippen LogP contribution >= 0.6 is 0 Å². The van der Waals surface area contributed by atoms with Gasteiger partial charge in [-0.15, -0.1) is 0 Å². The molecular weight excluding hydrogens is 432 g/mol. The highest BCUT2D eigenvalue weighted by molar-refractivity contribution is 5.96. The van der Waals surface area contributed by atoms with E-state index in [0.717, 1.165) is 10.1 Å². The van der Waals surface area contributed by atoms with Gasteiger partial charge in [0.25, 0.3) is 5.91 Å². The lowest BCUT2D eigenvalue weighted by molar-refractivity contribution is 0.0967. The molecule has 0 aliphatic rings. The average molecular weight is 456 g/mol. The van der Waals surface area contributed by atoms with E-state index in [1.807, 2.05) is 42.5 Å². The molecule has 0 amide bonds. The number of methoxy groups -OCH3 is 3. The van der Waals surface area contributed by atoms with E-state index < -0.39 is 11.6 Å². The van der Waals surface area contributed by atoms with Crippen LogP contribution in [-0.4, -0.2) is 36.4 Å². The number of ether oxygens (including phenoxy) is 3. The van der Waals surface area contributed by atoms with Crippen LogP contribution in [0.1, 0.15) is 10.4 Å². The van der Waals surface area contributed by atoms with Gasteiger partial charge in [-0.25, -0.2) is 9.36 Å². The van der Waals surface area contributed by atoms with Gasteiger partial charge in [-0.3, -0.25) is 9.36 Å². The molecule has 0 unspecified atom stereocenters. The number of hydrogen-bond donors (Lipinski definition) is 0. The highest BCUT2D eigenvalue weighted by atomic mass is 16.5. The Morgan fingerprint density at radius 1 is 0.824 bits per heavy atom. The van der Waals surface area contributed by atoms with Crippen molar-refractivity contribution in [3.8, 4) is 34.2 Å². The summed E-state index contributed by atoms with van der Waals surface area (Å²) >= 11 is 0. The van der Waals surface area contributed by atoms with E-state index in [1.54, 1.807) is 63.9 Å². The molecule has 172 valence electrons. The van der Waals surface area contributed by atoms with Gasteiger partial charge in [-0.05, 0) is 60.2 Å². The zero-order valence-electron chi connectivity index (χ0n) is 19.1. The molecule has 1 heterocycles. The van der Waals surface area contributed by atoms with Crippen molar-refractivity contribution in [3.05, 3.63) is 101 Å². The van der Waals surface area contributed by atoms with E-state index >= 15 is 0 Å². The molecule has 0 saturated carbocycles. The number of carbonyl (C=O) groups is 1. The fraction of sp³-hybridized carbons (Fsp3) is 0.111. The first-order chi connectivity index (χ1) is 16.5. The van der Waals surface area contributed by atoms with Gasteiger partial charge in [0.05, 0.1) is 32.7 Å². The third-order valence-corrected chi connectivity index (χ3v) is 5.36. The van der Waals surface area contributed by atoms with Crippen molar-refractivity contribution in [2.24, 2.45) is 0 Å². The van der Waals surface area contributed by atoms with Crippen LogP contribution in [0.2, 0.25) is 0 Å². The highest BCUT2D eigenvalue weighted by Gasteiger charge is 2.18. The molecular formula is C27H24N2O5. The van der Waals surface area contributed by atoms with Crippen molar-refractivity contribution in [2.75, 3.05) is 21.3 Å². The molecule has 4 rings (SSSR count). The van der Waals surface area contributed by atoms with Crippen LogP contribution in [0.15, 0.2) is 89.9 Å². The maximum Gasteiger partial charge on any atom is 0.340 e. The molecule has 0 atom stereocenters. The summed E-state index contributed by atoms with van der Waals surface area (Å²) in [4.78, 5) is 26.6. The molecule has 0 fully saturated rings. The summed E-state index contributed by atoms with van der Waals surface area (Å²) in [6, 6.07) is 21.7. The first-order valence-electron chi connectivity index (χ1n) is 10.5. The van der Waals surface area contributed by atoms with Gasteiger partial charge in [0.2, 0.25) is 0 Å². The third-order valence-electron chi connectivity index (χ3n) is 5.36. The monoisotopic (exact) mass is 456 g/mol. The Labute approximate surface area is 197 Å². The molecule has 0 spiro atoms. The Balaban J connectivity index is 1.77. The summed E-state index contributed by atoms with van der Waals surface area (Å²) in [6.07, 6.45) is 4.67. The third kappa shape index (κ3) is 4.49. The fourth-order valence-corrected chi connectivity index (χ4v) is 3.60. The highest BCUT2D eigenvalue weighted by Crippen LogP contribution is 2.28. The van der Waals surface area contributed by atoms with E-state index in [4.69, 9.17) is 14.2 Å². The number of allylic oxidation sites excluding steroid dienone is 1. The molecule has 0 saturated heterocycles. The van der Waals surface area contributed by atoms with Crippen LogP contribution in [0.25, 0.3) is 23.0 Å². The molecule has 7 heteroatoms. The van der Waals surface area contributed by atoms with Crippen LogP contribution in [0, 0.1) is 0 Å². The second kappa shape index (κ2) is 9.95. The topological polar surface area (TPSA) is 71.7 Å². The maximum atomic E-state index is 13.3. The minimum atomic E-state index is -0.472. The van der Waals surface area contributed by atoms with Gasteiger partial charge in [0.15, 0.2) is 11.5 Å². The second-order valence-corrected chi connectivity index (χ2v) is 7.35. The van der Waals surface area contributed by atoms with Gasteiger partial charge in [0.1, 0.15) is 5.75 Å². The smallest absolute Gasteiger partial charge is 0.340 e. The molecule has 1 aromatic heterocycles.